The highest BCUT2D eigenvalue weighted by atomic mass is 32.1. The molecule has 0 aliphatic heterocycles. The molecule has 34 heavy (non-hydrogen) atoms. The molecule has 1 N–H and O–H groups in total. The Hall–Kier alpha value is -1.80. The number of alkyl halides is 1. The molecule has 0 spiro atoms. The molecule has 0 aromatic carbocycles. The molecule has 5 nitrogen and oxygen atoms in total. The average Bonchev–Trinajstić information content (AvgIpc) is 3.27. The van der Waals surface area contributed by atoms with Crippen molar-refractivity contribution in [3.8, 4) is 0 Å². The summed E-state index contributed by atoms with van der Waals surface area (Å²) in [5.41, 5.74) is 0.595. The Balaban J connectivity index is 1.73. The number of rotatable bonds is 6. The minimum absolute atomic E-state index is 0.0268. The molecule has 1 unspecified atom stereocenters. The summed E-state index contributed by atoms with van der Waals surface area (Å²) in [5, 5.41) is 10.0. The van der Waals surface area contributed by atoms with Gasteiger partial charge >= 0.3 is 5.97 Å². The number of carbonyl (C=O) groups excluding carboxylic acids is 1. The van der Waals surface area contributed by atoms with Crippen LogP contribution in [0, 0.1) is 11.8 Å². The molecule has 2 fully saturated rings. The monoisotopic (exact) mass is 495 g/mol. The molecule has 1 aromatic rings. The molecule has 0 saturated heterocycles. The fraction of sp³-hybridized carbons (Fsp3) is 0.692. The first-order valence-electron chi connectivity index (χ1n) is 12.6. The molecule has 0 radical (unpaired) electrons. The smallest absolute Gasteiger partial charge is 0.348 e. The first kappa shape index (κ1) is 25.3. The number of aromatic carboxylic acids is 1. The highest BCUT2D eigenvalue weighted by Crippen LogP contribution is 2.44. The molecule has 1 amide bonds. The van der Waals surface area contributed by atoms with E-state index in [1.807, 2.05) is 0 Å². The number of halogens is 2. The predicted octanol–water partition coefficient (Wildman–Crippen LogP) is 6.77. The lowest BCUT2D eigenvalue weighted by atomic mass is 9.81. The third-order valence-electron chi connectivity index (χ3n) is 7.86. The summed E-state index contributed by atoms with van der Waals surface area (Å²) < 4.78 is 34.2. The molecule has 8 heteroatoms. The van der Waals surface area contributed by atoms with Crippen LogP contribution in [-0.2, 0) is 9.53 Å². The maximum absolute atomic E-state index is 14.7. The maximum Gasteiger partial charge on any atom is 0.348 e. The van der Waals surface area contributed by atoms with Crippen LogP contribution in [0.25, 0.3) is 5.57 Å². The van der Waals surface area contributed by atoms with E-state index in [0.717, 1.165) is 62.7 Å². The lowest BCUT2D eigenvalue weighted by Gasteiger charge is -2.39. The van der Waals surface area contributed by atoms with Crippen LogP contribution in [0.3, 0.4) is 0 Å². The Morgan fingerprint density at radius 2 is 1.76 bits per heavy atom. The number of carboxylic acids is 1. The number of nitrogens with zero attached hydrogens (tertiary/aromatic N) is 1. The fourth-order valence-electron chi connectivity index (χ4n) is 5.73. The van der Waals surface area contributed by atoms with Crippen LogP contribution in [0.15, 0.2) is 11.9 Å². The van der Waals surface area contributed by atoms with Crippen molar-refractivity contribution < 1.29 is 28.2 Å². The second-order valence-corrected chi connectivity index (χ2v) is 11.2. The molecular weight excluding hydrogens is 460 g/mol. The summed E-state index contributed by atoms with van der Waals surface area (Å²) >= 11 is 0.959. The van der Waals surface area contributed by atoms with E-state index >= 15 is 0 Å². The van der Waals surface area contributed by atoms with E-state index in [1.54, 1.807) is 18.1 Å². The first-order valence-corrected chi connectivity index (χ1v) is 13.4. The summed E-state index contributed by atoms with van der Waals surface area (Å²) in [6, 6.07) is 1.50. The minimum Gasteiger partial charge on any atom is -0.477 e. The topological polar surface area (TPSA) is 66.8 Å². The van der Waals surface area contributed by atoms with Crippen molar-refractivity contribution in [1.82, 2.24) is 0 Å². The lowest BCUT2D eigenvalue weighted by Crippen LogP contribution is -2.47. The number of anilines is 1. The zero-order valence-corrected chi connectivity index (χ0v) is 20.8. The van der Waals surface area contributed by atoms with E-state index < -0.39 is 18.0 Å². The number of carbonyl (C=O) groups is 2. The van der Waals surface area contributed by atoms with Crippen LogP contribution in [-0.4, -0.2) is 42.4 Å². The SMILES string of the molecule is COC1CCC(N(C(=O)C2CCC(C)CC2)c2cc(C3=C(F)C(F)CCC3)sc2C(=O)O)CC1. The van der Waals surface area contributed by atoms with Gasteiger partial charge in [0.15, 0.2) is 6.17 Å². The van der Waals surface area contributed by atoms with Crippen LogP contribution in [0.4, 0.5) is 14.5 Å². The van der Waals surface area contributed by atoms with Gasteiger partial charge in [0, 0.05) is 29.5 Å². The van der Waals surface area contributed by atoms with E-state index in [4.69, 9.17) is 4.74 Å². The molecule has 1 heterocycles. The molecular formula is C26H35F2NO4S. The number of hydrogen-bond acceptors (Lipinski definition) is 4. The molecule has 1 atom stereocenters. The summed E-state index contributed by atoms with van der Waals surface area (Å²) in [6.45, 7) is 2.20. The van der Waals surface area contributed by atoms with Crippen LogP contribution in [0.2, 0.25) is 0 Å². The minimum atomic E-state index is -1.64. The Morgan fingerprint density at radius 1 is 1.09 bits per heavy atom. The molecule has 188 valence electrons. The zero-order chi connectivity index (χ0) is 24.4. The van der Waals surface area contributed by atoms with Gasteiger partial charge < -0.3 is 14.7 Å². The van der Waals surface area contributed by atoms with Crippen LogP contribution >= 0.6 is 11.3 Å². The fourth-order valence-corrected chi connectivity index (χ4v) is 6.80. The van der Waals surface area contributed by atoms with E-state index in [2.05, 4.69) is 6.92 Å². The second-order valence-electron chi connectivity index (χ2n) is 10.1. The molecule has 3 aliphatic carbocycles. The van der Waals surface area contributed by atoms with Crippen molar-refractivity contribution in [2.24, 2.45) is 11.8 Å². The number of hydrogen-bond donors (Lipinski definition) is 1. The van der Waals surface area contributed by atoms with Gasteiger partial charge in [0.05, 0.1) is 11.8 Å². The van der Waals surface area contributed by atoms with Crippen LogP contribution in [0.1, 0.15) is 92.1 Å². The van der Waals surface area contributed by atoms with Gasteiger partial charge in [0.2, 0.25) is 5.91 Å². The lowest BCUT2D eigenvalue weighted by molar-refractivity contribution is -0.124. The van der Waals surface area contributed by atoms with Gasteiger partial charge in [-0.15, -0.1) is 11.3 Å². The zero-order valence-electron chi connectivity index (χ0n) is 20.0. The first-order chi connectivity index (χ1) is 16.3. The van der Waals surface area contributed by atoms with Crippen LogP contribution in [0.5, 0.6) is 0 Å². The Bertz CT molecular complexity index is 929. The predicted molar refractivity (Wildman–Crippen MR) is 130 cm³/mol. The van der Waals surface area contributed by atoms with E-state index in [1.165, 1.54) is 0 Å². The normalized spacial score (nSPS) is 30.3. The van der Waals surface area contributed by atoms with Gasteiger partial charge in [-0.2, -0.15) is 0 Å². The largest absolute Gasteiger partial charge is 0.477 e. The second kappa shape index (κ2) is 10.9. The van der Waals surface area contributed by atoms with Crippen molar-refractivity contribution in [2.45, 2.75) is 95.9 Å². The summed E-state index contributed by atoms with van der Waals surface area (Å²) in [6.07, 6.45) is 6.15. The van der Waals surface area contributed by atoms with Crippen molar-refractivity contribution in [3.05, 3.63) is 21.6 Å². The Morgan fingerprint density at radius 3 is 2.38 bits per heavy atom. The molecule has 4 rings (SSSR count). The quantitative estimate of drug-likeness (QED) is 0.473. The Kier molecular flexibility index (Phi) is 8.08. The van der Waals surface area contributed by atoms with E-state index in [-0.39, 0.29) is 40.8 Å². The standard InChI is InChI=1S/C26H35F2NO4S/c1-15-6-8-16(9-7-15)25(30)29(17-10-12-18(33-2)13-11-17)21-14-22(34-24(21)26(31)32)19-4-3-5-20(27)23(19)28/h14-18,20H,3-13H2,1-2H3,(H,31,32). The highest BCUT2D eigenvalue weighted by Gasteiger charge is 2.38. The number of carboxylic acid groups (broad SMARTS) is 1. The summed E-state index contributed by atoms with van der Waals surface area (Å²) in [5.74, 6) is -1.51. The van der Waals surface area contributed by atoms with Crippen LogP contribution < -0.4 is 4.90 Å². The third kappa shape index (κ3) is 5.23. The molecule has 0 bridgehead atoms. The number of methoxy groups -OCH3 is 1. The highest BCUT2D eigenvalue weighted by molar-refractivity contribution is 7.15. The molecule has 3 aliphatic rings. The van der Waals surface area contributed by atoms with E-state index in [9.17, 15) is 23.5 Å². The number of amides is 1. The van der Waals surface area contributed by atoms with Gasteiger partial charge in [0.1, 0.15) is 10.7 Å². The van der Waals surface area contributed by atoms with Crippen molar-refractivity contribution >= 4 is 34.5 Å². The molecule has 1 aromatic heterocycles. The summed E-state index contributed by atoms with van der Waals surface area (Å²) in [7, 11) is 1.69. The van der Waals surface area contributed by atoms with Gasteiger partial charge in [0.25, 0.3) is 0 Å². The summed E-state index contributed by atoms with van der Waals surface area (Å²) in [4.78, 5) is 28.3. The van der Waals surface area contributed by atoms with Crippen molar-refractivity contribution in [2.75, 3.05) is 12.0 Å². The average molecular weight is 496 g/mol. The van der Waals surface area contributed by atoms with E-state index in [0.29, 0.717) is 29.3 Å². The molecule has 2 saturated carbocycles. The van der Waals surface area contributed by atoms with Crippen molar-refractivity contribution in [3.63, 3.8) is 0 Å². The van der Waals surface area contributed by atoms with Gasteiger partial charge in [-0.05, 0) is 82.6 Å². The Labute approximate surface area is 204 Å². The maximum atomic E-state index is 14.7. The van der Waals surface area contributed by atoms with Gasteiger partial charge in [-0.25, -0.2) is 13.6 Å². The number of thiophene rings is 1. The van der Waals surface area contributed by atoms with Gasteiger partial charge in [-0.3, -0.25) is 4.79 Å². The number of ether oxygens (including phenoxy) is 1. The number of allylic oxidation sites excluding steroid dienone is 2. The third-order valence-corrected chi connectivity index (χ3v) is 9.03. The van der Waals surface area contributed by atoms with Crippen molar-refractivity contribution in [1.29, 1.82) is 0 Å². The van der Waals surface area contributed by atoms with Gasteiger partial charge in [-0.1, -0.05) is 6.92 Å².